The second kappa shape index (κ2) is 10.4. The van der Waals surface area contributed by atoms with Crippen LogP contribution in [0.2, 0.25) is 0 Å². The SMILES string of the molecule is CCNC(=NCCCN1C(=O)COc2ccccc21)NC(C)C.I. The Morgan fingerprint density at radius 3 is 2.83 bits per heavy atom. The summed E-state index contributed by atoms with van der Waals surface area (Å²) in [5.41, 5.74) is 0.847. The van der Waals surface area contributed by atoms with E-state index in [9.17, 15) is 4.79 Å². The molecule has 0 aliphatic carbocycles. The Balaban J connectivity index is 0.00000288. The van der Waals surface area contributed by atoms with Crippen LogP contribution in [-0.2, 0) is 4.79 Å². The van der Waals surface area contributed by atoms with Gasteiger partial charge in [-0.1, -0.05) is 12.1 Å². The van der Waals surface area contributed by atoms with Gasteiger partial charge in [-0.05, 0) is 39.3 Å². The van der Waals surface area contributed by atoms with E-state index in [4.69, 9.17) is 4.74 Å². The summed E-state index contributed by atoms with van der Waals surface area (Å²) in [4.78, 5) is 18.4. The summed E-state index contributed by atoms with van der Waals surface area (Å²) >= 11 is 0. The van der Waals surface area contributed by atoms with E-state index < -0.39 is 0 Å². The number of carbonyl (C=O) groups excluding carboxylic acids is 1. The molecular formula is C17H27IN4O2. The number of hydrogen-bond donors (Lipinski definition) is 2. The zero-order valence-electron chi connectivity index (χ0n) is 14.5. The number of halogens is 1. The number of amides is 1. The smallest absolute Gasteiger partial charge is 0.265 e. The zero-order valence-corrected chi connectivity index (χ0v) is 16.9. The summed E-state index contributed by atoms with van der Waals surface area (Å²) in [6, 6.07) is 7.97. The van der Waals surface area contributed by atoms with Crippen LogP contribution < -0.4 is 20.3 Å². The van der Waals surface area contributed by atoms with Gasteiger partial charge >= 0.3 is 0 Å². The number of para-hydroxylation sites is 2. The van der Waals surface area contributed by atoms with Crippen LogP contribution in [-0.4, -0.2) is 44.1 Å². The van der Waals surface area contributed by atoms with Gasteiger partial charge in [0.1, 0.15) is 5.75 Å². The minimum Gasteiger partial charge on any atom is -0.482 e. The van der Waals surface area contributed by atoms with Crippen molar-refractivity contribution >= 4 is 41.5 Å². The molecule has 0 unspecified atom stereocenters. The van der Waals surface area contributed by atoms with Crippen LogP contribution in [0.5, 0.6) is 5.75 Å². The molecular weight excluding hydrogens is 419 g/mol. The molecule has 0 spiro atoms. The molecule has 1 aliphatic heterocycles. The number of nitrogens with zero attached hydrogens (tertiary/aromatic N) is 2. The van der Waals surface area contributed by atoms with Crippen molar-refractivity contribution in [3.63, 3.8) is 0 Å². The Morgan fingerprint density at radius 1 is 1.38 bits per heavy atom. The molecule has 2 rings (SSSR count). The summed E-state index contributed by atoms with van der Waals surface area (Å²) in [7, 11) is 0. The van der Waals surface area contributed by atoms with Crippen LogP contribution in [0.1, 0.15) is 27.2 Å². The molecule has 0 saturated carbocycles. The number of rotatable bonds is 6. The van der Waals surface area contributed by atoms with Crippen LogP contribution in [0, 0.1) is 0 Å². The molecule has 2 N–H and O–H groups in total. The lowest BCUT2D eigenvalue weighted by atomic mass is 10.2. The van der Waals surface area contributed by atoms with Gasteiger partial charge in [0.25, 0.3) is 5.91 Å². The first-order valence-electron chi connectivity index (χ1n) is 8.19. The van der Waals surface area contributed by atoms with Crippen molar-refractivity contribution in [2.75, 3.05) is 31.1 Å². The molecule has 24 heavy (non-hydrogen) atoms. The fourth-order valence-corrected chi connectivity index (χ4v) is 2.41. The Morgan fingerprint density at radius 2 is 2.12 bits per heavy atom. The Hall–Kier alpha value is -1.51. The van der Waals surface area contributed by atoms with E-state index in [2.05, 4.69) is 29.5 Å². The van der Waals surface area contributed by atoms with Crippen molar-refractivity contribution in [2.45, 2.75) is 33.2 Å². The summed E-state index contributed by atoms with van der Waals surface area (Å²) < 4.78 is 5.45. The van der Waals surface area contributed by atoms with E-state index in [1.807, 2.05) is 31.2 Å². The topological polar surface area (TPSA) is 66.0 Å². The normalized spacial score (nSPS) is 13.9. The van der Waals surface area contributed by atoms with Crippen molar-refractivity contribution in [1.29, 1.82) is 0 Å². The maximum atomic E-state index is 12.1. The number of guanidine groups is 1. The molecule has 1 aromatic rings. The van der Waals surface area contributed by atoms with Crippen molar-refractivity contribution in [3.05, 3.63) is 24.3 Å². The first kappa shape index (κ1) is 20.5. The van der Waals surface area contributed by atoms with Gasteiger partial charge in [-0.3, -0.25) is 9.79 Å². The van der Waals surface area contributed by atoms with Gasteiger partial charge in [0.2, 0.25) is 0 Å². The summed E-state index contributed by atoms with van der Waals surface area (Å²) in [6.45, 7) is 8.44. The minimum atomic E-state index is -0.000100. The number of hydrogen-bond acceptors (Lipinski definition) is 3. The largest absolute Gasteiger partial charge is 0.482 e. The minimum absolute atomic E-state index is 0. The average Bonchev–Trinajstić information content (AvgIpc) is 2.52. The van der Waals surface area contributed by atoms with Crippen LogP contribution in [0.4, 0.5) is 5.69 Å². The van der Waals surface area contributed by atoms with E-state index in [0.29, 0.717) is 19.1 Å². The molecule has 0 fully saturated rings. The fourth-order valence-electron chi connectivity index (χ4n) is 2.41. The average molecular weight is 446 g/mol. The molecule has 1 aliphatic rings. The van der Waals surface area contributed by atoms with E-state index in [1.165, 1.54) is 0 Å². The van der Waals surface area contributed by atoms with Crippen LogP contribution in [0.3, 0.4) is 0 Å². The zero-order chi connectivity index (χ0) is 16.7. The second-order valence-corrected chi connectivity index (χ2v) is 5.72. The summed E-state index contributed by atoms with van der Waals surface area (Å²) in [6.07, 6.45) is 0.800. The molecule has 1 heterocycles. The second-order valence-electron chi connectivity index (χ2n) is 5.72. The molecule has 1 amide bonds. The number of carbonyl (C=O) groups is 1. The van der Waals surface area contributed by atoms with Gasteiger partial charge in [0, 0.05) is 25.7 Å². The van der Waals surface area contributed by atoms with E-state index >= 15 is 0 Å². The van der Waals surface area contributed by atoms with E-state index in [0.717, 1.165) is 30.4 Å². The molecule has 0 atom stereocenters. The number of fused-ring (bicyclic) bond motifs is 1. The highest BCUT2D eigenvalue weighted by molar-refractivity contribution is 14.0. The monoisotopic (exact) mass is 446 g/mol. The maximum absolute atomic E-state index is 12.1. The number of ether oxygens (including phenoxy) is 1. The first-order valence-corrected chi connectivity index (χ1v) is 8.19. The number of anilines is 1. The van der Waals surface area contributed by atoms with Crippen LogP contribution in [0.15, 0.2) is 29.3 Å². The molecule has 134 valence electrons. The lowest BCUT2D eigenvalue weighted by Gasteiger charge is -2.29. The van der Waals surface area contributed by atoms with Crippen molar-refractivity contribution in [2.24, 2.45) is 4.99 Å². The van der Waals surface area contributed by atoms with Crippen molar-refractivity contribution in [3.8, 4) is 5.75 Å². The van der Waals surface area contributed by atoms with Gasteiger partial charge in [-0.15, -0.1) is 24.0 Å². The number of aliphatic imine (C=N–C) groups is 1. The van der Waals surface area contributed by atoms with Crippen molar-refractivity contribution < 1.29 is 9.53 Å². The Bertz CT molecular complexity index is 563. The van der Waals surface area contributed by atoms with Crippen LogP contribution >= 0.6 is 24.0 Å². The highest BCUT2D eigenvalue weighted by Crippen LogP contribution is 2.31. The molecule has 0 bridgehead atoms. The number of benzene rings is 1. The van der Waals surface area contributed by atoms with E-state index in [-0.39, 0.29) is 36.5 Å². The lowest BCUT2D eigenvalue weighted by Crippen LogP contribution is -2.41. The predicted molar refractivity (Wildman–Crippen MR) is 109 cm³/mol. The molecule has 6 nitrogen and oxygen atoms in total. The third-order valence-corrected chi connectivity index (χ3v) is 3.39. The lowest BCUT2D eigenvalue weighted by molar-refractivity contribution is -0.121. The highest BCUT2D eigenvalue weighted by Gasteiger charge is 2.24. The van der Waals surface area contributed by atoms with Crippen molar-refractivity contribution in [1.82, 2.24) is 10.6 Å². The fraction of sp³-hybridized carbons (Fsp3) is 0.529. The molecule has 0 saturated heterocycles. The highest BCUT2D eigenvalue weighted by atomic mass is 127. The number of nitrogens with one attached hydrogen (secondary N) is 2. The standard InChI is InChI=1S/C17H26N4O2.HI/c1-4-18-17(20-13(2)3)19-10-7-11-21-14-8-5-6-9-15(14)23-12-16(21)22;/h5-6,8-9,13H,4,7,10-12H2,1-3H3,(H2,18,19,20);1H. The van der Waals surface area contributed by atoms with Gasteiger partial charge in [-0.2, -0.15) is 0 Å². The Labute approximate surface area is 161 Å². The summed E-state index contributed by atoms with van der Waals surface area (Å²) in [5.74, 6) is 1.58. The summed E-state index contributed by atoms with van der Waals surface area (Å²) in [5, 5.41) is 6.50. The van der Waals surface area contributed by atoms with E-state index in [1.54, 1.807) is 4.90 Å². The van der Waals surface area contributed by atoms with Gasteiger partial charge in [0.05, 0.1) is 5.69 Å². The van der Waals surface area contributed by atoms with Gasteiger partial charge in [-0.25, -0.2) is 0 Å². The molecule has 0 radical (unpaired) electrons. The molecule has 0 aromatic heterocycles. The van der Waals surface area contributed by atoms with Gasteiger partial charge < -0.3 is 20.3 Å². The molecule has 1 aromatic carbocycles. The van der Waals surface area contributed by atoms with Gasteiger partial charge in [0.15, 0.2) is 12.6 Å². The van der Waals surface area contributed by atoms with Crippen LogP contribution in [0.25, 0.3) is 0 Å². The first-order chi connectivity index (χ1) is 11.1. The Kier molecular flexibility index (Phi) is 8.88. The third kappa shape index (κ3) is 5.85. The predicted octanol–water partition coefficient (Wildman–Crippen LogP) is 2.38. The quantitative estimate of drug-likeness (QED) is 0.305. The molecule has 7 heteroatoms. The maximum Gasteiger partial charge on any atom is 0.265 e. The third-order valence-electron chi connectivity index (χ3n) is 3.39.